The lowest BCUT2D eigenvalue weighted by atomic mass is 9.86. The van der Waals surface area contributed by atoms with Gasteiger partial charge in [-0.05, 0) is 31.0 Å². The number of thioether (sulfide) groups is 1. The van der Waals surface area contributed by atoms with Crippen LogP contribution in [0.25, 0.3) is 0 Å². The molecule has 0 radical (unpaired) electrons. The number of aromatic nitrogens is 2. The van der Waals surface area contributed by atoms with Gasteiger partial charge in [-0.3, -0.25) is 9.59 Å². The molecule has 0 bridgehead atoms. The van der Waals surface area contributed by atoms with E-state index in [1.54, 1.807) is 0 Å². The minimum atomic E-state index is -0.324. The molecule has 0 saturated heterocycles. The molecule has 6 nitrogen and oxygen atoms in total. The minimum Gasteiger partial charge on any atom is -0.494 e. The number of carbonyl (C=O) groups is 1. The van der Waals surface area contributed by atoms with Crippen molar-refractivity contribution in [1.82, 2.24) is 9.55 Å². The molecule has 2 heterocycles. The third kappa shape index (κ3) is 3.62. The number of amides is 1. The zero-order chi connectivity index (χ0) is 18.7. The molecule has 138 valence electrons. The number of hydrogen-bond donors (Lipinski definition) is 1. The minimum absolute atomic E-state index is 0.100. The van der Waals surface area contributed by atoms with E-state index in [0.717, 1.165) is 23.5 Å². The number of carbonyl (C=O) groups excluding carboxylic acids is 1. The lowest BCUT2D eigenvalue weighted by molar-refractivity contribution is -0.116. The molecule has 0 saturated carbocycles. The zero-order valence-electron chi connectivity index (χ0n) is 15.2. The predicted octanol–water partition coefficient (Wildman–Crippen LogP) is 3.16. The molecule has 0 spiro atoms. The first-order valence-corrected chi connectivity index (χ1v) is 9.80. The van der Waals surface area contributed by atoms with Crippen molar-refractivity contribution in [2.45, 2.75) is 37.8 Å². The van der Waals surface area contributed by atoms with Gasteiger partial charge in [-0.2, -0.15) is 4.98 Å². The van der Waals surface area contributed by atoms with Gasteiger partial charge in [-0.25, -0.2) is 0 Å². The van der Waals surface area contributed by atoms with Crippen LogP contribution in [0, 0.1) is 0 Å². The van der Waals surface area contributed by atoms with Crippen molar-refractivity contribution in [3.05, 3.63) is 45.7 Å². The van der Waals surface area contributed by atoms with Crippen molar-refractivity contribution in [2.24, 2.45) is 7.05 Å². The molecule has 1 aromatic heterocycles. The van der Waals surface area contributed by atoms with Crippen molar-refractivity contribution in [3.63, 3.8) is 0 Å². The van der Waals surface area contributed by atoms with Gasteiger partial charge in [0, 0.05) is 25.1 Å². The molecule has 1 aliphatic rings. The largest absolute Gasteiger partial charge is 0.494 e. The molecule has 0 unspecified atom stereocenters. The van der Waals surface area contributed by atoms with E-state index in [2.05, 4.69) is 17.2 Å². The van der Waals surface area contributed by atoms with E-state index in [-0.39, 0.29) is 23.8 Å². The molecule has 1 amide bonds. The average Bonchev–Trinajstić information content (AvgIpc) is 2.63. The third-order valence-corrected chi connectivity index (χ3v) is 5.54. The van der Waals surface area contributed by atoms with E-state index in [1.165, 1.54) is 11.8 Å². The van der Waals surface area contributed by atoms with Gasteiger partial charge in [-0.1, -0.05) is 30.8 Å². The zero-order valence-corrected chi connectivity index (χ0v) is 16.1. The Balaban J connectivity index is 2.09. The summed E-state index contributed by atoms with van der Waals surface area (Å²) in [7, 11) is 1.84. The lowest BCUT2D eigenvalue weighted by Crippen LogP contribution is -2.33. The second-order valence-electron chi connectivity index (χ2n) is 6.18. The highest BCUT2D eigenvalue weighted by molar-refractivity contribution is 7.99. The fraction of sp³-hybridized carbons (Fsp3) is 0.421. The van der Waals surface area contributed by atoms with Crippen LogP contribution in [0.2, 0.25) is 0 Å². The maximum Gasteiger partial charge on any atom is 0.279 e. The van der Waals surface area contributed by atoms with Crippen LogP contribution in [0.3, 0.4) is 0 Å². The van der Waals surface area contributed by atoms with E-state index in [9.17, 15) is 9.59 Å². The van der Waals surface area contributed by atoms with Crippen molar-refractivity contribution >= 4 is 23.5 Å². The van der Waals surface area contributed by atoms with E-state index in [1.807, 2.05) is 42.8 Å². The number of anilines is 1. The van der Waals surface area contributed by atoms with Crippen LogP contribution in [-0.2, 0) is 11.8 Å². The highest BCUT2D eigenvalue weighted by Crippen LogP contribution is 2.36. The summed E-state index contributed by atoms with van der Waals surface area (Å²) in [6.07, 6.45) is 1.21. The quantitative estimate of drug-likeness (QED) is 0.622. The van der Waals surface area contributed by atoms with Crippen LogP contribution in [0.15, 0.2) is 34.2 Å². The first-order valence-electron chi connectivity index (χ1n) is 8.81. The highest BCUT2D eigenvalue weighted by atomic mass is 32.2. The summed E-state index contributed by atoms with van der Waals surface area (Å²) in [6, 6.07) is 7.58. The van der Waals surface area contributed by atoms with Crippen LogP contribution < -0.4 is 15.6 Å². The molecule has 3 rings (SSSR count). The molecule has 1 aliphatic heterocycles. The highest BCUT2D eigenvalue weighted by Gasteiger charge is 2.32. The monoisotopic (exact) mass is 373 g/mol. The molecule has 1 aromatic carbocycles. The van der Waals surface area contributed by atoms with Crippen LogP contribution in [0.4, 0.5) is 5.82 Å². The first kappa shape index (κ1) is 18.5. The SMILES string of the molecule is CCCSc1nc(=O)c2c(n1C)NC(=O)C[C@H]2c1cccc(OCC)c1. The standard InChI is InChI=1S/C19H23N3O3S/c1-4-9-26-19-21-18(24)16-14(11-15(23)20-17(16)22(19)3)12-7-6-8-13(10-12)25-5-2/h6-8,10,14H,4-5,9,11H2,1-3H3,(H,20,23)/t14-/m0/s1. The van der Waals surface area contributed by atoms with Gasteiger partial charge in [0.15, 0.2) is 5.16 Å². The molecule has 1 N–H and O–H groups in total. The number of nitrogens with one attached hydrogen (secondary N) is 1. The van der Waals surface area contributed by atoms with E-state index in [4.69, 9.17) is 4.74 Å². The Labute approximate surface area is 157 Å². The number of benzene rings is 1. The fourth-order valence-corrected chi connectivity index (χ4v) is 3.95. The van der Waals surface area contributed by atoms with Gasteiger partial charge in [0.25, 0.3) is 5.56 Å². The summed E-state index contributed by atoms with van der Waals surface area (Å²) < 4.78 is 7.38. The number of ether oxygens (including phenoxy) is 1. The Bertz CT molecular complexity index is 879. The molecule has 1 atom stereocenters. The Morgan fingerprint density at radius 3 is 2.88 bits per heavy atom. The molecule has 0 aliphatic carbocycles. The summed E-state index contributed by atoms with van der Waals surface area (Å²) in [4.78, 5) is 29.4. The fourth-order valence-electron chi connectivity index (χ4n) is 3.13. The molecule has 26 heavy (non-hydrogen) atoms. The number of nitrogens with zero attached hydrogens (tertiary/aromatic N) is 2. The maximum absolute atomic E-state index is 12.8. The number of hydrogen-bond acceptors (Lipinski definition) is 5. The summed E-state index contributed by atoms with van der Waals surface area (Å²) >= 11 is 1.52. The van der Waals surface area contributed by atoms with Gasteiger partial charge in [-0.15, -0.1) is 0 Å². The summed E-state index contributed by atoms with van der Waals surface area (Å²) in [5.41, 5.74) is 1.16. The topological polar surface area (TPSA) is 73.2 Å². The maximum atomic E-state index is 12.8. The van der Waals surface area contributed by atoms with Crippen LogP contribution in [0.1, 0.15) is 43.7 Å². The van der Waals surface area contributed by atoms with Crippen molar-refractivity contribution in [1.29, 1.82) is 0 Å². The van der Waals surface area contributed by atoms with Gasteiger partial charge < -0.3 is 14.6 Å². The molecule has 0 fully saturated rings. The molecular formula is C19H23N3O3S. The van der Waals surface area contributed by atoms with E-state index < -0.39 is 0 Å². The average molecular weight is 373 g/mol. The van der Waals surface area contributed by atoms with E-state index >= 15 is 0 Å². The van der Waals surface area contributed by atoms with Gasteiger partial charge in [0.05, 0.1) is 12.2 Å². The first-order chi connectivity index (χ1) is 12.5. The Morgan fingerprint density at radius 2 is 2.15 bits per heavy atom. The number of rotatable bonds is 6. The summed E-state index contributed by atoms with van der Waals surface area (Å²) in [6.45, 7) is 4.56. The van der Waals surface area contributed by atoms with Crippen LogP contribution in [0.5, 0.6) is 5.75 Å². The normalized spacial score (nSPS) is 16.1. The Hall–Kier alpha value is -2.28. The van der Waals surface area contributed by atoms with E-state index in [0.29, 0.717) is 23.1 Å². The van der Waals surface area contributed by atoms with Gasteiger partial charge in [0.2, 0.25) is 5.91 Å². The van der Waals surface area contributed by atoms with Crippen molar-refractivity contribution < 1.29 is 9.53 Å². The molecule has 7 heteroatoms. The van der Waals surface area contributed by atoms with Crippen LogP contribution in [-0.4, -0.2) is 27.8 Å². The molecular weight excluding hydrogens is 350 g/mol. The smallest absolute Gasteiger partial charge is 0.279 e. The Morgan fingerprint density at radius 1 is 1.35 bits per heavy atom. The predicted molar refractivity (Wildman–Crippen MR) is 103 cm³/mol. The lowest BCUT2D eigenvalue weighted by Gasteiger charge is -2.27. The van der Waals surface area contributed by atoms with Crippen molar-refractivity contribution in [2.75, 3.05) is 17.7 Å². The summed E-state index contributed by atoms with van der Waals surface area (Å²) in [5.74, 6) is 1.73. The van der Waals surface area contributed by atoms with Crippen LogP contribution >= 0.6 is 11.8 Å². The third-order valence-electron chi connectivity index (χ3n) is 4.31. The van der Waals surface area contributed by atoms with Gasteiger partial charge >= 0.3 is 0 Å². The number of fused-ring (bicyclic) bond motifs is 1. The van der Waals surface area contributed by atoms with Gasteiger partial charge in [0.1, 0.15) is 11.6 Å². The second-order valence-corrected chi connectivity index (χ2v) is 7.24. The Kier molecular flexibility index (Phi) is 5.66. The summed E-state index contributed by atoms with van der Waals surface area (Å²) in [5, 5.41) is 3.49. The second kappa shape index (κ2) is 7.95. The molecule has 2 aromatic rings. The van der Waals surface area contributed by atoms with Crippen molar-refractivity contribution in [3.8, 4) is 5.75 Å².